The molecule has 3 saturated heterocycles. The number of carbonyl (C=O) groups is 4. The zero-order valence-electron chi connectivity index (χ0n) is 53.1. The van der Waals surface area contributed by atoms with Gasteiger partial charge in [-0.2, -0.15) is 0 Å². The van der Waals surface area contributed by atoms with Crippen molar-refractivity contribution in [1.82, 2.24) is 20.9 Å². The molecule has 21 heteroatoms. The fourth-order valence-electron chi connectivity index (χ4n) is 16.6. The zero-order valence-corrected chi connectivity index (χ0v) is 53.1. The second-order valence-electron chi connectivity index (χ2n) is 27.8. The molecule has 0 aromatic carbocycles. The van der Waals surface area contributed by atoms with Gasteiger partial charge in [0.1, 0.15) is 35.6 Å². The first-order valence-electron chi connectivity index (χ1n) is 31.2. The molecule has 3 saturated carbocycles. The normalized spacial score (nSPS) is 47.9. The van der Waals surface area contributed by atoms with E-state index in [0.717, 1.165) is 0 Å². The fourth-order valence-corrected chi connectivity index (χ4v) is 16.6. The first kappa shape index (κ1) is 68.5. The molecule has 3 unspecified atom stereocenters. The van der Waals surface area contributed by atoms with E-state index in [1.165, 1.54) is 26.2 Å². The molecule has 0 bridgehead atoms. The monoisotopic (exact) mass is 1190 g/mol. The van der Waals surface area contributed by atoms with E-state index in [1.807, 2.05) is 46.7 Å². The summed E-state index contributed by atoms with van der Waals surface area (Å²) in [6.45, 7) is 24.2. The fraction of sp³-hybridized carbons (Fsp3) is 0.873. The smallest absolute Gasteiger partial charge is 0.311 e. The van der Waals surface area contributed by atoms with E-state index in [-0.39, 0.29) is 82.2 Å². The number of esters is 2. The van der Waals surface area contributed by atoms with E-state index < -0.39 is 148 Å². The van der Waals surface area contributed by atoms with Crippen molar-refractivity contribution in [2.45, 2.75) is 249 Å². The highest BCUT2D eigenvalue weighted by Crippen LogP contribution is 2.70. The molecule has 0 aromatic rings. The van der Waals surface area contributed by atoms with Gasteiger partial charge in [0.05, 0.1) is 55.1 Å². The minimum atomic E-state index is -2.10. The van der Waals surface area contributed by atoms with Crippen LogP contribution in [-0.2, 0) is 52.3 Å². The highest BCUT2D eigenvalue weighted by atomic mass is 19.1. The van der Waals surface area contributed by atoms with Crippen molar-refractivity contribution in [3.05, 3.63) is 23.8 Å². The Kier molecular flexibility index (Phi) is 21.4. The van der Waals surface area contributed by atoms with Gasteiger partial charge in [0.15, 0.2) is 23.3 Å². The Morgan fingerprint density at radius 2 is 1.58 bits per heavy atom. The number of cyclic esters (lactones) is 1. The van der Waals surface area contributed by atoms with E-state index in [4.69, 9.17) is 33.2 Å². The number of nitrogens with zero attached hydrogens (tertiary/aromatic N) is 1. The number of nitrogens with one attached hydrogen (secondary N) is 3. The Labute approximate surface area is 498 Å². The molecule has 84 heavy (non-hydrogen) atoms. The van der Waals surface area contributed by atoms with Crippen LogP contribution in [0.15, 0.2) is 23.8 Å². The standard InChI is InChI=1S/C63H105FN4O16/c1-17-48-61(13,76)52(72)39(7)68(15)32-34(2)29-60(12,54(81-46-33-79-36(4)27-45(46)65-14)37(5)51(38(6)55(74)82-48)83-50-31-59(11,78-16)53(73)40(8)80-50)84-49(71)21-23-66-24-25-67-56(75)63(77)35(3)26-44-43-19-18-41-28-42(69)20-22-57(41,9)62(43,64)47(70)30-58(44,63)10/h20,22,28,34-40,43-48,50-54,65-66,70,72-73,76-77H,17-19,21,23-27,29-33H2,1-16H3,(H,67,75)/t34-,35-,36-,37-,38-,39-,40+,43?,44?,45+,46+,47+,48-,50?,51+,52-,53+,54-,57+,58+,59-,60-,61-,62+,63+/m1/s1. The molecule has 480 valence electrons. The van der Waals surface area contributed by atoms with Gasteiger partial charge in [-0.15, -0.1) is 0 Å². The highest BCUT2D eigenvalue weighted by Gasteiger charge is 2.76. The number of rotatable bonds is 15. The summed E-state index contributed by atoms with van der Waals surface area (Å²) in [7, 11) is 5.19. The summed E-state index contributed by atoms with van der Waals surface area (Å²) in [6, 6.07) is -0.815. The predicted octanol–water partition coefficient (Wildman–Crippen LogP) is 4.23. The second-order valence-corrected chi connectivity index (χ2v) is 27.8. The number of ketones is 1. The average molecular weight is 1190 g/mol. The first-order valence-corrected chi connectivity index (χ1v) is 31.2. The maximum absolute atomic E-state index is 17.8. The molecule has 20 nitrogen and oxygen atoms in total. The molecule has 0 aromatic heterocycles. The van der Waals surface area contributed by atoms with Crippen molar-refractivity contribution in [1.29, 1.82) is 0 Å². The first-order chi connectivity index (χ1) is 39.1. The lowest BCUT2D eigenvalue weighted by molar-refractivity contribution is -0.302. The third kappa shape index (κ3) is 12.6. The topological polar surface area (TPSA) is 273 Å². The number of methoxy groups -OCH3 is 1. The molecule has 4 aliphatic carbocycles. The number of ether oxygens (including phenoxy) is 7. The van der Waals surface area contributed by atoms with Gasteiger partial charge >= 0.3 is 11.9 Å². The summed E-state index contributed by atoms with van der Waals surface area (Å²) in [5.74, 6) is -5.87. The van der Waals surface area contributed by atoms with Crippen LogP contribution in [0.25, 0.3) is 0 Å². The molecule has 3 aliphatic heterocycles. The van der Waals surface area contributed by atoms with Gasteiger partial charge in [0.25, 0.3) is 5.91 Å². The van der Waals surface area contributed by atoms with Gasteiger partial charge in [-0.3, -0.25) is 19.2 Å². The van der Waals surface area contributed by atoms with Crippen LogP contribution in [0.1, 0.15) is 148 Å². The molecule has 7 aliphatic rings. The van der Waals surface area contributed by atoms with Crippen LogP contribution in [-0.4, -0.2) is 209 Å². The number of alkyl halides is 1. The Morgan fingerprint density at radius 1 is 0.893 bits per heavy atom. The van der Waals surface area contributed by atoms with Crippen LogP contribution in [0.3, 0.4) is 0 Å². The number of carbonyl (C=O) groups excluding carboxylic acids is 4. The SMILES string of the molecule is CC[C@H]1OC(=O)[C@H](C)[C@@H](OC2C[C@@](C)(OC)[C@@H](O)[C@H](C)O2)[C@@H](C)[C@@H](O[C@H]2CO[C@H](C)C[C@@H]2NC)[C@](C)(OC(=O)CCNCCNC(=O)[C@@]2(O)[C@H](C)CC3C4CCC5=CC(=O)C=C[C@]5(C)[C@@]4(F)[C@@H](O)C[C@@]32C)C[C@@H](C)CN(C)[C@H](C)[C@@H](O)[C@]1(C)O. The van der Waals surface area contributed by atoms with E-state index >= 15 is 4.39 Å². The lowest BCUT2D eigenvalue weighted by Gasteiger charge is -2.62. The number of fused-ring (bicyclic) bond motifs is 5. The molecule has 6 fully saturated rings. The summed E-state index contributed by atoms with van der Waals surface area (Å²) in [6.07, 6.45) is -2.99. The third-order valence-electron chi connectivity index (χ3n) is 21.9. The van der Waals surface area contributed by atoms with Crippen LogP contribution in [0.5, 0.6) is 0 Å². The molecular formula is C63H105FN4O16. The predicted molar refractivity (Wildman–Crippen MR) is 311 cm³/mol. The second kappa shape index (κ2) is 26.2. The molecule has 25 atom stereocenters. The van der Waals surface area contributed by atoms with Gasteiger partial charge in [-0.25, -0.2) is 4.39 Å². The third-order valence-corrected chi connectivity index (χ3v) is 21.9. The molecule has 0 spiro atoms. The number of hydrogen-bond acceptors (Lipinski definition) is 19. The van der Waals surface area contributed by atoms with Crippen molar-refractivity contribution in [3.63, 3.8) is 0 Å². The van der Waals surface area contributed by atoms with E-state index in [1.54, 1.807) is 61.5 Å². The minimum absolute atomic E-state index is 0.0775. The lowest BCUT2D eigenvalue weighted by Crippen LogP contribution is -2.70. The van der Waals surface area contributed by atoms with Gasteiger partial charge in [-0.05, 0) is 144 Å². The molecule has 3 heterocycles. The summed E-state index contributed by atoms with van der Waals surface area (Å²) in [5.41, 5.74) is -10.2. The molecular weight excluding hydrogens is 1090 g/mol. The van der Waals surface area contributed by atoms with Crippen LogP contribution in [0, 0.1) is 46.3 Å². The molecule has 8 N–H and O–H groups in total. The molecule has 1 amide bonds. The summed E-state index contributed by atoms with van der Waals surface area (Å²) < 4.78 is 63.5. The van der Waals surface area contributed by atoms with Crippen molar-refractivity contribution in [3.8, 4) is 0 Å². The Hall–Kier alpha value is -3.03. The number of amides is 1. The highest BCUT2D eigenvalue weighted by molar-refractivity contribution is 6.01. The maximum atomic E-state index is 17.8. The number of aliphatic hydroxyl groups excluding tert-OH is 3. The Morgan fingerprint density at radius 3 is 2.24 bits per heavy atom. The van der Waals surface area contributed by atoms with Gasteiger partial charge in [-0.1, -0.05) is 46.3 Å². The Bertz CT molecular complexity index is 2400. The largest absolute Gasteiger partial charge is 0.459 e. The van der Waals surface area contributed by atoms with E-state index in [0.29, 0.717) is 37.8 Å². The molecule has 7 rings (SSSR count). The van der Waals surface area contributed by atoms with Crippen molar-refractivity contribution >= 4 is 23.6 Å². The summed E-state index contributed by atoms with van der Waals surface area (Å²) >= 11 is 0. The number of allylic oxidation sites excluding steroid dienone is 4. The van der Waals surface area contributed by atoms with Crippen LogP contribution >= 0.6 is 0 Å². The zero-order chi connectivity index (χ0) is 62.4. The van der Waals surface area contributed by atoms with Crippen molar-refractivity contribution in [2.24, 2.45) is 46.3 Å². The summed E-state index contributed by atoms with van der Waals surface area (Å²) in [4.78, 5) is 58.0. The van der Waals surface area contributed by atoms with Gasteiger partial charge in [0, 0.05) is 74.5 Å². The number of halogens is 1. The number of likely N-dealkylation sites (N-methyl/N-ethyl adjacent to an activating group) is 2. The number of aliphatic hydroxyl groups is 5. The average Bonchev–Trinajstić information content (AvgIpc) is 1.40. The summed E-state index contributed by atoms with van der Waals surface area (Å²) in [5, 5.41) is 69.1. The molecule has 0 radical (unpaired) electrons. The Balaban J connectivity index is 1.12. The van der Waals surface area contributed by atoms with Crippen LogP contribution in [0.2, 0.25) is 0 Å². The minimum Gasteiger partial charge on any atom is -0.459 e. The van der Waals surface area contributed by atoms with Crippen molar-refractivity contribution in [2.75, 3.05) is 54.0 Å². The maximum Gasteiger partial charge on any atom is 0.311 e. The quantitative estimate of drug-likeness (QED) is 0.0842. The van der Waals surface area contributed by atoms with E-state index in [2.05, 4.69) is 16.0 Å². The lowest BCUT2D eigenvalue weighted by atomic mass is 9.44. The van der Waals surface area contributed by atoms with Crippen LogP contribution < -0.4 is 16.0 Å². The number of hydrogen-bond donors (Lipinski definition) is 8. The van der Waals surface area contributed by atoms with Crippen LogP contribution in [0.4, 0.5) is 4.39 Å². The van der Waals surface area contributed by atoms with Gasteiger partial charge in [0.2, 0.25) is 0 Å². The van der Waals surface area contributed by atoms with E-state index in [9.17, 15) is 44.7 Å². The van der Waals surface area contributed by atoms with Crippen molar-refractivity contribution < 1.29 is 82.3 Å². The van der Waals surface area contributed by atoms with Gasteiger partial charge < -0.3 is 79.5 Å².